The molecular formula is C13H15N3O5S2. The highest BCUT2D eigenvalue weighted by Crippen LogP contribution is 2.26. The van der Waals surface area contributed by atoms with Gasteiger partial charge >= 0.3 is 5.97 Å². The average molecular weight is 357 g/mol. The molecule has 1 aromatic rings. The number of ether oxygens (including phenoxy) is 1. The Labute approximate surface area is 137 Å². The van der Waals surface area contributed by atoms with E-state index in [-0.39, 0.29) is 28.8 Å². The number of nitrogens with one attached hydrogen (secondary N) is 2. The van der Waals surface area contributed by atoms with Crippen molar-refractivity contribution >= 4 is 33.2 Å². The first-order valence-corrected chi connectivity index (χ1v) is 9.21. The lowest BCUT2D eigenvalue weighted by Gasteiger charge is -2.07. The molecule has 2 N–H and O–H groups in total. The second-order valence-corrected chi connectivity index (χ2v) is 7.44. The quantitative estimate of drug-likeness (QED) is 0.512. The van der Waals surface area contributed by atoms with Crippen LogP contribution in [0.1, 0.15) is 28.9 Å². The van der Waals surface area contributed by atoms with Crippen LogP contribution in [0.15, 0.2) is 16.3 Å². The van der Waals surface area contributed by atoms with Crippen molar-refractivity contribution in [2.45, 2.75) is 30.2 Å². The van der Waals surface area contributed by atoms with E-state index in [1.54, 1.807) is 0 Å². The molecule has 0 aliphatic heterocycles. The summed E-state index contributed by atoms with van der Waals surface area (Å²) >= 11 is 0.937. The summed E-state index contributed by atoms with van der Waals surface area (Å²) in [5, 5.41) is 12.2. The standard InChI is InChI=1S/C13H15N3O5S2/c14-5-1-6-15-11(17)8-21-13(18)12-10(4-7-22-12)23(19,20)16-9-2-3-9/h4,7,9,16H,1-3,6,8H2,(H,15,17). The van der Waals surface area contributed by atoms with E-state index in [2.05, 4.69) is 10.0 Å². The fourth-order valence-electron chi connectivity index (χ4n) is 1.65. The van der Waals surface area contributed by atoms with E-state index in [1.807, 2.05) is 6.07 Å². The summed E-state index contributed by atoms with van der Waals surface area (Å²) in [4.78, 5) is 23.2. The summed E-state index contributed by atoms with van der Waals surface area (Å²) in [6.45, 7) is -0.367. The molecule has 23 heavy (non-hydrogen) atoms. The van der Waals surface area contributed by atoms with E-state index in [9.17, 15) is 18.0 Å². The SMILES string of the molecule is N#CCCNC(=O)COC(=O)c1sccc1S(=O)(=O)NC1CC1. The molecule has 0 radical (unpaired) electrons. The van der Waals surface area contributed by atoms with Gasteiger partial charge in [-0.25, -0.2) is 17.9 Å². The lowest BCUT2D eigenvalue weighted by atomic mass is 10.4. The number of hydrogen-bond donors (Lipinski definition) is 2. The number of nitrogens with zero attached hydrogens (tertiary/aromatic N) is 1. The lowest BCUT2D eigenvalue weighted by molar-refractivity contribution is -0.124. The van der Waals surface area contributed by atoms with Gasteiger partial charge in [-0.15, -0.1) is 11.3 Å². The van der Waals surface area contributed by atoms with Gasteiger partial charge in [-0.1, -0.05) is 0 Å². The van der Waals surface area contributed by atoms with E-state index in [0.717, 1.165) is 24.2 Å². The van der Waals surface area contributed by atoms with E-state index < -0.39 is 28.5 Å². The molecule has 1 amide bonds. The zero-order valence-electron chi connectivity index (χ0n) is 12.1. The fraction of sp³-hybridized carbons (Fsp3) is 0.462. The van der Waals surface area contributed by atoms with Gasteiger partial charge < -0.3 is 10.1 Å². The molecule has 8 nitrogen and oxygen atoms in total. The topological polar surface area (TPSA) is 125 Å². The summed E-state index contributed by atoms with van der Waals surface area (Å²) < 4.78 is 31.6. The number of hydrogen-bond acceptors (Lipinski definition) is 7. The summed E-state index contributed by atoms with van der Waals surface area (Å²) in [5.74, 6) is -1.42. The number of carbonyl (C=O) groups excluding carboxylic acids is 2. The predicted molar refractivity (Wildman–Crippen MR) is 81.2 cm³/mol. The first kappa shape index (κ1) is 17.4. The Hall–Kier alpha value is -1.96. The number of nitriles is 1. The number of amides is 1. The van der Waals surface area contributed by atoms with Gasteiger partial charge in [0.15, 0.2) is 6.61 Å². The minimum Gasteiger partial charge on any atom is -0.451 e. The van der Waals surface area contributed by atoms with E-state index >= 15 is 0 Å². The highest BCUT2D eigenvalue weighted by Gasteiger charge is 2.31. The molecule has 10 heteroatoms. The fourth-order valence-corrected chi connectivity index (χ4v) is 4.26. The molecule has 0 bridgehead atoms. The summed E-state index contributed by atoms with van der Waals surface area (Å²) in [7, 11) is -3.76. The van der Waals surface area contributed by atoms with Crippen LogP contribution in [0.5, 0.6) is 0 Å². The van der Waals surface area contributed by atoms with Gasteiger partial charge in [0.05, 0.1) is 12.5 Å². The number of sulfonamides is 1. The molecule has 0 atom stereocenters. The van der Waals surface area contributed by atoms with Crippen LogP contribution < -0.4 is 10.0 Å². The van der Waals surface area contributed by atoms with Crippen molar-refractivity contribution in [3.63, 3.8) is 0 Å². The van der Waals surface area contributed by atoms with Crippen molar-refractivity contribution in [1.29, 1.82) is 5.26 Å². The smallest absolute Gasteiger partial charge is 0.350 e. The highest BCUT2D eigenvalue weighted by molar-refractivity contribution is 7.89. The van der Waals surface area contributed by atoms with Crippen LogP contribution in [-0.4, -0.2) is 39.5 Å². The summed E-state index contributed by atoms with van der Waals surface area (Å²) in [6, 6.07) is 3.12. The molecule has 1 heterocycles. The Balaban J connectivity index is 1.94. The van der Waals surface area contributed by atoms with Crippen LogP contribution in [0.2, 0.25) is 0 Å². The number of esters is 1. The van der Waals surface area contributed by atoms with Crippen LogP contribution in [-0.2, 0) is 19.6 Å². The van der Waals surface area contributed by atoms with Gasteiger partial charge in [-0.3, -0.25) is 4.79 Å². The molecule has 124 valence electrons. The predicted octanol–water partition coefficient (Wildman–Crippen LogP) is 0.375. The Morgan fingerprint density at radius 3 is 2.83 bits per heavy atom. The monoisotopic (exact) mass is 357 g/mol. The molecule has 0 spiro atoms. The van der Waals surface area contributed by atoms with Crippen molar-refractivity contribution in [2.24, 2.45) is 0 Å². The van der Waals surface area contributed by atoms with Gasteiger partial charge in [0.1, 0.15) is 9.77 Å². The second kappa shape index (κ2) is 7.54. The Bertz CT molecular complexity index is 731. The zero-order valence-corrected chi connectivity index (χ0v) is 13.7. The van der Waals surface area contributed by atoms with Crippen LogP contribution >= 0.6 is 11.3 Å². The molecule has 0 saturated heterocycles. The Kier molecular flexibility index (Phi) is 5.70. The van der Waals surface area contributed by atoms with Crippen LogP contribution in [0.3, 0.4) is 0 Å². The first-order valence-electron chi connectivity index (χ1n) is 6.84. The van der Waals surface area contributed by atoms with E-state index in [0.29, 0.717) is 0 Å². The largest absolute Gasteiger partial charge is 0.451 e. The third-order valence-electron chi connectivity index (χ3n) is 2.90. The van der Waals surface area contributed by atoms with E-state index in [1.165, 1.54) is 11.4 Å². The van der Waals surface area contributed by atoms with Gasteiger partial charge in [0.25, 0.3) is 5.91 Å². The van der Waals surface area contributed by atoms with Crippen molar-refractivity contribution in [2.75, 3.05) is 13.2 Å². The zero-order chi connectivity index (χ0) is 16.9. The minimum atomic E-state index is -3.76. The summed E-state index contributed by atoms with van der Waals surface area (Å²) in [6.07, 6.45) is 1.72. The molecule has 1 aliphatic rings. The molecule has 2 rings (SSSR count). The molecule has 1 saturated carbocycles. The maximum absolute atomic E-state index is 12.2. The molecule has 1 fully saturated rings. The molecule has 1 aromatic heterocycles. The van der Waals surface area contributed by atoms with Crippen molar-refractivity contribution in [1.82, 2.24) is 10.0 Å². The van der Waals surface area contributed by atoms with Crippen LogP contribution in [0.25, 0.3) is 0 Å². The van der Waals surface area contributed by atoms with Crippen molar-refractivity contribution < 1.29 is 22.7 Å². The average Bonchev–Trinajstić information content (AvgIpc) is 3.15. The third kappa shape index (κ3) is 5.02. The van der Waals surface area contributed by atoms with Crippen molar-refractivity contribution in [3.8, 4) is 6.07 Å². The number of rotatable bonds is 8. The number of carbonyl (C=O) groups is 2. The molecule has 0 aromatic carbocycles. The first-order chi connectivity index (χ1) is 10.9. The third-order valence-corrected chi connectivity index (χ3v) is 5.48. The van der Waals surface area contributed by atoms with Crippen molar-refractivity contribution in [3.05, 3.63) is 16.3 Å². The van der Waals surface area contributed by atoms with Gasteiger partial charge in [-0.2, -0.15) is 5.26 Å². The Morgan fingerprint density at radius 2 is 2.17 bits per heavy atom. The molecule has 1 aliphatic carbocycles. The highest BCUT2D eigenvalue weighted by atomic mass is 32.2. The molecular weight excluding hydrogens is 342 g/mol. The van der Waals surface area contributed by atoms with Crippen LogP contribution in [0.4, 0.5) is 0 Å². The van der Waals surface area contributed by atoms with E-state index in [4.69, 9.17) is 10.00 Å². The molecule has 0 unspecified atom stereocenters. The van der Waals surface area contributed by atoms with Gasteiger partial charge in [-0.05, 0) is 24.3 Å². The Morgan fingerprint density at radius 1 is 1.43 bits per heavy atom. The maximum Gasteiger partial charge on any atom is 0.350 e. The second-order valence-electron chi connectivity index (χ2n) is 4.84. The van der Waals surface area contributed by atoms with Gasteiger partial charge in [0.2, 0.25) is 10.0 Å². The maximum atomic E-state index is 12.2. The lowest BCUT2D eigenvalue weighted by Crippen LogP contribution is -2.30. The van der Waals surface area contributed by atoms with Gasteiger partial charge in [0, 0.05) is 12.6 Å². The minimum absolute atomic E-state index is 0.0667. The van der Waals surface area contributed by atoms with Crippen LogP contribution in [0, 0.1) is 11.3 Å². The summed E-state index contributed by atoms with van der Waals surface area (Å²) in [5.41, 5.74) is 0. The normalized spacial score (nSPS) is 14.0. The number of thiophene rings is 1.